The van der Waals surface area contributed by atoms with E-state index in [0.29, 0.717) is 22.1 Å². The lowest BCUT2D eigenvalue weighted by molar-refractivity contribution is 1.11. The summed E-state index contributed by atoms with van der Waals surface area (Å²) in [5.41, 5.74) is 3.12. The number of benzene rings is 1. The fourth-order valence-corrected chi connectivity index (χ4v) is 2.07. The maximum Gasteiger partial charge on any atom is 0.168 e. The van der Waals surface area contributed by atoms with Gasteiger partial charge in [0.15, 0.2) is 11.5 Å². The van der Waals surface area contributed by atoms with Gasteiger partial charge in [-0.25, -0.2) is 0 Å². The lowest BCUT2D eigenvalue weighted by Gasteiger charge is -2.02. The average molecular weight is 269 g/mol. The van der Waals surface area contributed by atoms with E-state index in [-0.39, 0.29) is 0 Å². The molecule has 0 unspecified atom stereocenters. The van der Waals surface area contributed by atoms with Crippen molar-refractivity contribution in [3.05, 3.63) is 52.7 Å². The maximum atomic E-state index is 8.86. The van der Waals surface area contributed by atoms with Crippen LogP contribution in [-0.4, -0.2) is 14.6 Å². The molecule has 0 radical (unpaired) electrons. The van der Waals surface area contributed by atoms with Crippen LogP contribution in [0.1, 0.15) is 11.1 Å². The molecule has 3 rings (SSSR count). The van der Waals surface area contributed by atoms with Gasteiger partial charge in [0.2, 0.25) is 0 Å². The molecule has 5 heteroatoms. The van der Waals surface area contributed by atoms with Crippen molar-refractivity contribution in [2.24, 2.45) is 0 Å². The van der Waals surface area contributed by atoms with E-state index >= 15 is 0 Å². The molecule has 0 amide bonds. The smallest absolute Gasteiger partial charge is 0.168 e. The molecule has 0 saturated heterocycles. The summed E-state index contributed by atoms with van der Waals surface area (Å²) in [4.78, 5) is 0. The number of halogens is 1. The normalized spacial score (nSPS) is 10.6. The highest BCUT2D eigenvalue weighted by Crippen LogP contribution is 2.24. The average Bonchev–Trinajstić information content (AvgIpc) is 2.84. The standard InChI is InChI=1S/C14H9ClN4/c1-9-2-3-11(7-12(9)15)14-18-17-13-6-10(8-16)4-5-19(13)14/h2-7H,1H3. The number of nitrogens with zero attached hydrogens (tertiary/aromatic N) is 4. The number of pyridine rings is 1. The van der Waals surface area contributed by atoms with Gasteiger partial charge >= 0.3 is 0 Å². The molecule has 4 nitrogen and oxygen atoms in total. The van der Waals surface area contributed by atoms with Gasteiger partial charge in [0.1, 0.15) is 0 Å². The number of aryl methyl sites for hydroxylation is 1. The van der Waals surface area contributed by atoms with E-state index in [9.17, 15) is 0 Å². The molecule has 19 heavy (non-hydrogen) atoms. The molecule has 0 aliphatic carbocycles. The molecular formula is C14H9ClN4. The summed E-state index contributed by atoms with van der Waals surface area (Å²) in [6, 6.07) is 11.3. The number of fused-ring (bicyclic) bond motifs is 1. The number of hydrogen-bond donors (Lipinski definition) is 0. The second-order valence-electron chi connectivity index (χ2n) is 4.24. The molecule has 1 aromatic carbocycles. The third-order valence-corrected chi connectivity index (χ3v) is 3.38. The van der Waals surface area contributed by atoms with E-state index in [1.165, 1.54) is 0 Å². The predicted octanol–water partition coefficient (Wildman–Crippen LogP) is 3.23. The minimum Gasteiger partial charge on any atom is -0.282 e. The first-order valence-corrected chi connectivity index (χ1v) is 6.08. The first kappa shape index (κ1) is 11.7. The summed E-state index contributed by atoms with van der Waals surface area (Å²) in [5.74, 6) is 0.710. The van der Waals surface area contributed by atoms with E-state index in [2.05, 4.69) is 16.3 Å². The summed E-state index contributed by atoms with van der Waals surface area (Å²) in [6.45, 7) is 1.95. The zero-order valence-corrected chi connectivity index (χ0v) is 10.9. The Morgan fingerprint density at radius 3 is 2.79 bits per heavy atom. The topological polar surface area (TPSA) is 54.0 Å². The zero-order chi connectivity index (χ0) is 13.4. The minimum absolute atomic E-state index is 0.563. The molecule has 0 bridgehead atoms. The van der Waals surface area contributed by atoms with Crippen LogP contribution >= 0.6 is 11.6 Å². The van der Waals surface area contributed by atoms with Crippen molar-refractivity contribution in [2.45, 2.75) is 6.92 Å². The van der Waals surface area contributed by atoms with Crippen molar-refractivity contribution in [1.82, 2.24) is 14.6 Å². The van der Waals surface area contributed by atoms with Gasteiger partial charge in [-0.3, -0.25) is 4.40 Å². The van der Waals surface area contributed by atoms with E-state index in [1.807, 2.05) is 29.5 Å². The van der Waals surface area contributed by atoms with Crippen molar-refractivity contribution >= 4 is 17.2 Å². The molecule has 0 atom stereocenters. The Morgan fingerprint density at radius 2 is 2.05 bits per heavy atom. The van der Waals surface area contributed by atoms with Crippen molar-refractivity contribution in [2.75, 3.05) is 0 Å². The molecule has 0 N–H and O–H groups in total. The molecule has 2 heterocycles. The summed E-state index contributed by atoms with van der Waals surface area (Å²) in [5, 5.41) is 17.8. The van der Waals surface area contributed by atoms with Crippen LogP contribution in [0.4, 0.5) is 0 Å². The molecule has 92 valence electrons. The lowest BCUT2D eigenvalue weighted by Crippen LogP contribution is -1.90. The van der Waals surface area contributed by atoms with Crippen molar-refractivity contribution < 1.29 is 0 Å². The Labute approximate surface area is 114 Å². The molecule has 0 aliphatic heterocycles. The van der Waals surface area contributed by atoms with Crippen LogP contribution in [0.15, 0.2) is 36.5 Å². The second kappa shape index (κ2) is 4.38. The lowest BCUT2D eigenvalue weighted by atomic mass is 10.1. The summed E-state index contributed by atoms with van der Waals surface area (Å²) in [6.07, 6.45) is 1.79. The Balaban J connectivity index is 2.20. The quantitative estimate of drug-likeness (QED) is 0.681. The second-order valence-corrected chi connectivity index (χ2v) is 4.65. The molecule has 2 aromatic heterocycles. The first-order chi connectivity index (χ1) is 9.19. The number of hydrogen-bond acceptors (Lipinski definition) is 3. The molecule has 0 spiro atoms. The molecule has 0 saturated carbocycles. The van der Waals surface area contributed by atoms with E-state index in [1.54, 1.807) is 18.3 Å². The van der Waals surface area contributed by atoms with E-state index < -0.39 is 0 Å². The first-order valence-electron chi connectivity index (χ1n) is 5.70. The van der Waals surface area contributed by atoms with Crippen LogP contribution in [0, 0.1) is 18.3 Å². The van der Waals surface area contributed by atoms with Gasteiger partial charge in [-0.05, 0) is 24.6 Å². The third-order valence-electron chi connectivity index (χ3n) is 2.97. The van der Waals surface area contributed by atoms with Crippen LogP contribution in [0.5, 0.6) is 0 Å². The summed E-state index contributed by atoms with van der Waals surface area (Å²) < 4.78 is 1.84. The van der Waals surface area contributed by atoms with Crippen molar-refractivity contribution in [1.29, 1.82) is 5.26 Å². The number of aromatic nitrogens is 3. The Hall–Kier alpha value is -2.38. The van der Waals surface area contributed by atoms with Crippen molar-refractivity contribution in [3.8, 4) is 17.5 Å². The van der Waals surface area contributed by atoms with Crippen LogP contribution in [0.2, 0.25) is 5.02 Å². The third kappa shape index (κ3) is 1.94. The highest BCUT2D eigenvalue weighted by molar-refractivity contribution is 6.31. The molecule has 0 aliphatic rings. The monoisotopic (exact) mass is 268 g/mol. The molecule has 3 aromatic rings. The highest BCUT2D eigenvalue weighted by Gasteiger charge is 2.09. The SMILES string of the molecule is Cc1ccc(-c2nnc3cc(C#N)ccn23)cc1Cl. The van der Waals surface area contributed by atoms with Gasteiger partial charge in [0, 0.05) is 22.8 Å². The Bertz CT molecular complexity index is 814. The minimum atomic E-state index is 0.563. The highest BCUT2D eigenvalue weighted by atomic mass is 35.5. The Kier molecular flexibility index (Phi) is 2.69. The summed E-state index contributed by atoms with van der Waals surface area (Å²) >= 11 is 6.13. The Morgan fingerprint density at radius 1 is 1.21 bits per heavy atom. The fourth-order valence-electron chi connectivity index (χ4n) is 1.89. The molecular weight excluding hydrogens is 260 g/mol. The number of nitriles is 1. The maximum absolute atomic E-state index is 8.86. The van der Waals surface area contributed by atoms with Crippen LogP contribution in [-0.2, 0) is 0 Å². The summed E-state index contributed by atoms with van der Waals surface area (Å²) in [7, 11) is 0. The van der Waals surface area contributed by atoms with Gasteiger partial charge in [-0.15, -0.1) is 10.2 Å². The largest absolute Gasteiger partial charge is 0.282 e. The van der Waals surface area contributed by atoms with Crippen LogP contribution in [0.25, 0.3) is 17.0 Å². The fraction of sp³-hybridized carbons (Fsp3) is 0.0714. The van der Waals surface area contributed by atoms with E-state index in [0.717, 1.165) is 11.1 Å². The van der Waals surface area contributed by atoms with Crippen LogP contribution < -0.4 is 0 Å². The van der Waals surface area contributed by atoms with Gasteiger partial charge in [-0.2, -0.15) is 5.26 Å². The number of rotatable bonds is 1. The van der Waals surface area contributed by atoms with Crippen molar-refractivity contribution in [3.63, 3.8) is 0 Å². The van der Waals surface area contributed by atoms with Crippen LogP contribution in [0.3, 0.4) is 0 Å². The zero-order valence-electron chi connectivity index (χ0n) is 10.1. The van der Waals surface area contributed by atoms with Gasteiger partial charge in [-0.1, -0.05) is 23.7 Å². The molecule has 0 fully saturated rings. The predicted molar refractivity (Wildman–Crippen MR) is 72.9 cm³/mol. The van der Waals surface area contributed by atoms with Gasteiger partial charge in [0.05, 0.1) is 11.6 Å². The van der Waals surface area contributed by atoms with Gasteiger partial charge in [0.25, 0.3) is 0 Å². The van der Waals surface area contributed by atoms with E-state index in [4.69, 9.17) is 16.9 Å². The van der Waals surface area contributed by atoms with Gasteiger partial charge < -0.3 is 0 Å².